The number of hydrogen-bond acceptors (Lipinski definition) is 8. The van der Waals surface area contributed by atoms with Gasteiger partial charge in [-0.15, -0.1) is 11.3 Å². The lowest BCUT2D eigenvalue weighted by atomic mass is 9.97. The molecule has 4 rings (SSSR count). The summed E-state index contributed by atoms with van der Waals surface area (Å²) < 4.78 is 5.05. The largest absolute Gasteiger partial charge is 0.490 e. The lowest BCUT2D eigenvalue weighted by molar-refractivity contribution is -0.385. The molecule has 0 saturated carbocycles. The molecule has 0 radical (unpaired) electrons. The first kappa shape index (κ1) is 21.3. The van der Waals surface area contributed by atoms with Crippen LogP contribution in [0.5, 0.6) is 5.75 Å². The lowest BCUT2D eigenvalue weighted by Crippen LogP contribution is -2.16. The fourth-order valence-electron chi connectivity index (χ4n) is 3.65. The van der Waals surface area contributed by atoms with Crippen LogP contribution >= 0.6 is 23.1 Å². The molecule has 0 saturated heterocycles. The minimum atomic E-state index is -0.534. The second-order valence-electron chi connectivity index (χ2n) is 7.20. The molecule has 1 aliphatic rings. The highest BCUT2D eigenvalue weighted by atomic mass is 32.2. The first-order valence-electron chi connectivity index (χ1n) is 9.67. The third-order valence-electron chi connectivity index (χ3n) is 5.14. The molecule has 0 fully saturated rings. The summed E-state index contributed by atoms with van der Waals surface area (Å²) >= 11 is 2.70. The fraction of sp³-hybridized carbons (Fsp3) is 0.350. The van der Waals surface area contributed by atoms with Crippen molar-refractivity contribution in [1.82, 2.24) is 9.97 Å². The van der Waals surface area contributed by atoms with Crippen molar-refractivity contribution in [1.29, 1.82) is 0 Å². The second-order valence-corrected chi connectivity index (χ2v) is 9.24. The molecule has 3 aromatic rings. The molecule has 1 aliphatic carbocycles. The van der Waals surface area contributed by atoms with Crippen LogP contribution in [-0.2, 0) is 17.6 Å². The van der Waals surface area contributed by atoms with Gasteiger partial charge in [-0.1, -0.05) is 11.8 Å². The second kappa shape index (κ2) is 8.67. The van der Waals surface area contributed by atoms with Crippen molar-refractivity contribution in [2.45, 2.75) is 37.8 Å². The minimum Gasteiger partial charge on any atom is -0.490 e. The van der Waals surface area contributed by atoms with Crippen LogP contribution in [0.2, 0.25) is 0 Å². The lowest BCUT2D eigenvalue weighted by Gasteiger charge is -2.11. The van der Waals surface area contributed by atoms with Crippen LogP contribution in [0.15, 0.2) is 22.1 Å². The van der Waals surface area contributed by atoms with E-state index in [2.05, 4.69) is 15.3 Å². The third kappa shape index (κ3) is 4.28. The van der Waals surface area contributed by atoms with E-state index < -0.39 is 4.92 Å². The molecule has 2 aromatic heterocycles. The van der Waals surface area contributed by atoms with Crippen molar-refractivity contribution in [3.8, 4) is 5.75 Å². The van der Waals surface area contributed by atoms with Crippen molar-refractivity contribution in [3.63, 3.8) is 0 Å². The maximum absolute atomic E-state index is 12.6. The molecule has 11 heteroatoms. The Morgan fingerprint density at radius 2 is 2.16 bits per heavy atom. The van der Waals surface area contributed by atoms with Gasteiger partial charge >= 0.3 is 5.69 Å². The first-order chi connectivity index (χ1) is 14.9. The Morgan fingerprint density at radius 1 is 1.39 bits per heavy atom. The molecule has 0 bridgehead atoms. The van der Waals surface area contributed by atoms with Crippen LogP contribution in [0.1, 0.15) is 28.8 Å². The number of nitro benzene ring substituents is 1. The number of fused-ring (bicyclic) bond motifs is 3. The molecule has 0 aliphatic heterocycles. The predicted octanol–water partition coefficient (Wildman–Crippen LogP) is 3.82. The van der Waals surface area contributed by atoms with Gasteiger partial charge in [-0.2, -0.15) is 0 Å². The number of benzene rings is 1. The van der Waals surface area contributed by atoms with E-state index in [9.17, 15) is 19.7 Å². The van der Waals surface area contributed by atoms with E-state index >= 15 is 0 Å². The van der Waals surface area contributed by atoms with E-state index in [0.29, 0.717) is 21.8 Å². The van der Waals surface area contributed by atoms with Gasteiger partial charge in [-0.3, -0.25) is 19.7 Å². The number of amides is 1. The molecule has 9 nitrogen and oxygen atoms in total. The van der Waals surface area contributed by atoms with Gasteiger partial charge in [-0.25, -0.2) is 4.98 Å². The van der Waals surface area contributed by atoms with E-state index in [0.717, 1.165) is 47.8 Å². The SMILES string of the molecule is COc1cc(NC(=O)CSc2nc3sc4c(c3c(=O)[nH]2)CCCC4)c(C)cc1[N+](=O)[O-]. The van der Waals surface area contributed by atoms with Gasteiger partial charge in [0, 0.05) is 22.7 Å². The van der Waals surface area contributed by atoms with Crippen LogP contribution in [-0.4, -0.2) is 33.7 Å². The van der Waals surface area contributed by atoms with E-state index in [1.54, 1.807) is 18.3 Å². The topological polar surface area (TPSA) is 127 Å². The van der Waals surface area contributed by atoms with Crippen LogP contribution < -0.4 is 15.6 Å². The smallest absolute Gasteiger partial charge is 0.311 e. The van der Waals surface area contributed by atoms with Gasteiger partial charge in [0.25, 0.3) is 5.56 Å². The van der Waals surface area contributed by atoms with Gasteiger partial charge in [-0.05, 0) is 43.7 Å². The van der Waals surface area contributed by atoms with E-state index in [1.165, 1.54) is 24.1 Å². The highest BCUT2D eigenvalue weighted by Crippen LogP contribution is 2.35. The number of nitrogens with one attached hydrogen (secondary N) is 2. The van der Waals surface area contributed by atoms with Crippen molar-refractivity contribution in [2.75, 3.05) is 18.2 Å². The predicted molar refractivity (Wildman–Crippen MR) is 121 cm³/mol. The normalized spacial score (nSPS) is 13.1. The zero-order valence-corrected chi connectivity index (χ0v) is 18.6. The quantitative estimate of drug-likeness (QED) is 0.248. The Hall–Kier alpha value is -2.92. The van der Waals surface area contributed by atoms with Gasteiger partial charge < -0.3 is 15.0 Å². The van der Waals surface area contributed by atoms with Crippen molar-refractivity contribution in [2.24, 2.45) is 0 Å². The molecular weight excluding hydrogens is 440 g/mol. The summed E-state index contributed by atoms with van der Waals surface area (Å²) in [4.78, 5) is 44.9. The van der Waals surface area contributed by atoms with Crippen molar-refractivity contribution < 1.29 is 14.5 Å². The molecule has 1 aromatic carbocycles. The molecule has 31 heavy (non-hydrogen) atoms. The average Bonchev–Trinajstić information content (AvgIpc) is 3.12. The number of methoxy groups -OCH3 is 1. The van der Waals surface area contributed by atoms with E-state index in [1.807, 2.05) is 0 Å². The number of anilines is 1. The number of aromatic nitrogens is 2. The number of nitro groups is 1. The number of hydrogen-bond donors (Lipinski definition) is 2. The third-order valence-corrected chi connectivity index (χ3v) is 7.20. The first-order valence-corrected chi connectivity index (χ1v) is 11.5. The van der Waals surface area contributed by atoms with E-state index in [4.69, 9.17) is 4.74 Å². The fourth-order valence-corrected chi connectivity index (χ4v) is 5.63. The average molecular weight is 461 g/mol. The number of aryl methyl sites for hydroxylation is 3. The number of aromatic amines is 1. The Kier molecular flexibility index (Phi) is 5.96. The summed E-state index contributed by atoms with van der Waals surface area (Å²) in [6.07, 6.45) is 4.11. The van der Waals surface area contributed by atoms with Gasteiger partial charge in [0.15, 0.2) is 10.9 Å². The maximum atomic E-state index is 12.6. The van der Waals surface area contributed by atoms with Crippen molar-refractivity contribution >= 4 is 50.6 Å². The summed E-state index contributed by atoms with van der Waals surface area (Å²) in [6.45, 7) is 1.67. The van der Waals surface area contributed by atoms with Gasteiger partial charge in [0.2, 0.25) is 5.91 Å². The Bertz CT molecular complexity index is 1250. The number of ether oxygens (including phenoxy) is 1. The Balaban J connectivity index is 1.49. The highest BCUT2D eigenvalue weighted by Gasteiger charge is 2.21. The summed E-state index contributed by atoms with van der Waals surface area (Å²) in [5.74, 6) is -0.230. The molecule has 2 N–H and O–H groups in total. The molecule has 162 valence electrons. The minimum absolute atomic E-state index is 0.0261. The Morgan fingerprint density at radius 3 is 2.90 bits per heavy atom. The molecule has 0 atom stereocenters. The summed E-state index contributed by atoms with van der Waals surface area (Å²) in [6, 6.07) is 2.78. The number of H-pyrrole nitrogens is 1. The van der Waals surface area contributed by atoms with Gasteiger partial charge in [0.05, 0.1) is 23.2 Å². The molecule has 0 unspecified atom stereocenters. The number of thioether (sulfide) groups is 1. The van der Waals surface area contributed by atoms with E-state index in [-0.39, 0.29) is 28.7 Å². The Labute approximate surface area is 185 Å². The zero-order valence-electron chi connectivity index (χ0n) is 16.9. The van der Waals surface area contributed by atoms with Gasteiger partial charge in [0.1, 0.15) is 4.83 Å². The highest BCUT2D eigenvalue weighted by molar-refractivity contribution is 7.99. The number of thiophene rings is 1. The maximum Gasteiger partial charge on any atom is 0.311 e. The van der Waals surface area contributed by atoms with Crippen LogP contribution in [0.3, 0.4) is 0 Å². The van der Waals surface area contributed by atoms with Crippen LogP contribution in [0, 0.1) is 17.0 Å². The number of nitrogens with zero attached hydrogens (tertiary/aromatic N) is 2. The zero-order chi connectivity index (χ0) is 22.1. The van der Waals surface area contributed by atoms with Crippen LogP contribution in [0.25, 0.3) is 10.2 Å². The summed E-state index contributed by atoms with van der Waals surface area (Å²) in [7, 11) is 1.33. The molecule has 1 amide bonds. The number of rotatable bonds is 6. The molecular formula is C20H20N4O5S2. The molecule has 2 heterocycles. The monoisotopic (exact) mass is 460 g/mol. The van der Waals surface area contributed by atoms with Crippen LogP contribution in [0.4, 0.5) is 11.4 Å². The van der Waals surface area contributed by atoms with Crippen molar-refractivity contribution in [3.05, 3.63) is 48.6 Å². The molecule has 0 spiro atoms. The number of carbonyl (C=O) groups excluding carboxylic acids is 1. The standard InChI is InChI=1S/C20H20N4O5S2/c1-10-7-13(24(27)28)14(29-2)8-12(10)21-16(25)9-30-20-22-18(26)17-11-5-3-4-6-15(11)31-19(17)23-20/h7-8H,3-6,9H2,1-2H3,(H,21,25)(H,22,23,26). The summed E-state index contributed by atoms with van der Waals surface area (Å²) in [5, 5.41) is 14.9. The summed E-state index contributed by atoms with van der Waals surface area (Å²) in [5.41, 5.74) is 1.76. The number of carbonyl (C=O) groups is 1.